The van der Waals surface area contributed by atoms with E-state index in [2.05, 4.69) is 10.7 Å². The lowest BCUT2D eigenvalue weighted by Gasteiger charge is -2.24. The van der Waals surface area contributed by atoms with Gasteiger partial charge in [0.15, 0.2) is 23.0 Å². The lowest BCUT2D eigenvalue weighted by molar-refractivity contribution is -0.159. The molecule has 0 bridgehead atoms. The summed E-state index contributed by atoms with van der Waals surface area (Å²) in [5.41, 5.74) is 3.06. The molecule has 3 amide bonds. The summed E-state index contributed by atoms with van der Waals surface area (Å²) in [4.78, 5) is 100. The molecule has 0 spiro atoms. The van der Waals surface area contributed by atoms with Crippen molar-refractivity contribution in [3.8, 4) is 23.0 Å². The van der Waals surface area contributed by atoms with Crippen molar-refractivity contribution in [2.24, 2.45) is 5.41 Å². The number of nitrogens with one attached hydrogen (secondary N) is 3. The predicted octanol–water partition coefficient (Wildman–Crippen LogP) is 2.84. The van der Waals surface area contributed by atoms with Crippen LogP contribution in [-0.4, -0.2) is 79.1 Å². The van der Waals surface area contributed by atoms with Gasteiger partial charge in [-0.1, -0.05) is 20.8 Å². The van der Waals surface area contributed by atoms with Gasteiger partial charge in [0, 0.05) is 30.5 Å². The molecule has 18 nitrogen and oxygen atoms in total. The predicted molar refractivity (Wildman–Crippen MR) is 185 cm³/mol. The Kier molecular flexibility index (Phi) is 13.8. The van der Waals surface area contributed by atoms with E-state index < -0.39 is 59.3 Å². The summed E-state index contributed by atoms with van der Waals surface area (Å²) >= 11 is 0. The molecule has 54 heavy (non-hydrogen) atoms. The molecule has 0 aromatic heterocycles. The van der Waals surface area contributed by atoms with E-state index in [1.165, 1.54) is 50.6 Å². The SMILES string of the molecule is COc1cc(C(=O)O[C@H](C(=O)O)[C@H](OC(=O)c2ccc(OC(C)=O)c(OC)c2)C(=O)NNC(=O)c2ccc(NC(=O)C(C)(C)C)cc2)ccc1OC(C)=O. The Morgan fingerprint density at radius 3 is 1.46 bits per heavy atom. The molecule has 2 atom stereocenters. The molecular formula is C36H37N3O15. The number of carboxylic acid groups (broad SMARTS) is 1. The summed E-state index contributed by atoms with van der Waals surface area (Å²) in [7, 11) is 2.41. The first-order valence-corrected chi connectivity index (χ1v) is 15.7. The molecule has 18 heteroatoms. The summed E-state index contributed by atoms with van der Waals surface area (Å²) < 4.78 is 30.7. The lowest BCUT2D eigenvalue weighted by Crippen LogP contribution is -2.54. The quantitative estimate of drug-likeness (QED) is 0.111. The van der Waals surface area contributed by atoms with E-state index in [0.29, 0.717) is 5.69 Å². The Morgan fingerprint density at radius 1 is 0.611 bits per heavy atom. The van der Waals surface area contributed by atoms with E-state index in [-0.39, 0.29) is 45.6 Å². The lowest BCUT2D eigenvalue weighted by atomic mass is 9.95. The van der Waals surface area contributed by atoms with E-state index in [9.17, 15) is 43.5 Å². The Labute approximate surface area is 308 Å². The van der Waals surface area contributed by atoms with Gasteiger partial charge in [-0.3, -0.25) is 34.8 Å². The minimum Gasteiger partial charge on any atom is -0.493 e. The number of hydrogen-bond acceptors (Lipinski definition) is 14. The van der Waals surface area contributed by atoms with Crippen molar-refractivity contribution in [3.05, 3.63) is 77.4 Å². The standard InChI is InChI=1S/C36H37N3O15/c1-18(40)51-24-14-10-21(16-26(24)49-6)33(46)53-28(29(32(44)45)54-34(47)22-11-15-25(52-19(2)41)27(17-22)50-7)31(43)39-38-30(42)20-8-12-23(13-9-20)37-35(48)36(3,4)5/h8-17,28-29H,1-7H3,(H,37,48)(H,38,42)(H,39,43)(H,44,45)/t28-,29-/m0/s1. The van der Waals surface area contributed by atoms with Crippen LogP contribution >= 0.6 is 0 Å². The van der Waals surface area contributed by atoms with Gasteiger partial charge in [-0.15, -0.1) is 0 Å². The summed E-state index contributed by atoms with van der Waals surface area (Å²) in [6.45, 7) is 7.40. The largest absolute Gasteiger partial charge is 0.493 e. The van der Waals surface area contributed by atoms with Crippen molar-refractivity contribution < 1.29 is 71.9 Å². The average molecular weight is 752 g/mol. The van der Waals surface area contributed by atoms with Crippen LogP contribution in [0.2, 0.25) is 0 Å². The van der Waals surface area contributed by atoms with Gasteiger partial charge in [0.25, 0.3) is 11.8 Å². The number of rotatable bonds is 13. The van der Waals surface area contributed by atoms with Gasteiger partial charge in [-0.05, 0) is 60.7 Å². The fraction of sp³-hybridized carbons (Fsp3) is 0.278. The maximum atomic E-state index is 13.5. The molecule has 0 unspecified atom stereocenters. The number of ether oxygens (including phenoxy) is 6. The molecule has 0 aliphatic heterocycles. The third-order valence-electron chi connectivity index (χ3n) is 6.94. The maximum Gasteiger partial charge on any atom is 0.349 e. The highest BCUT2D eigenvalue weighted by atomic mass is 16.6. The highest BCUT2D eigenvalue weighted by Gasteiger charge is 2.41. The molecule has 4 N–H and O–H groups in total. The third kappa shape index (κ3) is 11.3. The van der Waals surface area contributed by atoms with Gasteiger partial charge in [-0.25, -0.2) is 14.4 Å². The molecule has 286 valence electrons. The first-order chi connectivity index (χ1) is 25.3. The monoisotopic (exact) mass is 751 g/mol. The van der Waals surface area contributed by atoms with Crippen LogP contribution in [0.4, 0.5) is 5.69 Å². The number of hydrazine groups is 1. The minimum absolute atomic E-state index is 0.00933. The average Bonchev–Trinajstić information content (AvgIpc) is 3.11. The fourth-order valence-electron chi connectivity index (χ4n) is 4.21. The molecule has 0 aliphatic rings. The number of anilines is 1. The molecule has 3 aromatic carbocycles. The molecule has 0 aliphatic carbocycles. The number of esters is 4. The number of hydrogen-bond donors (Lipinski definition) is 4. The molecule has 0 saturated carbocycles. The van der Waals surface area contributed by atoms with Crippen molar-refractivity contribution >= 4 is 53.3 Å². The molecular weight excluding hydrogens is 714 g/mol. The van der Waals surface area contributed by atoms with Gasteiger partial charge in [0.1, 0.15) is 0 Å². The molecule has 0 fully saturated rings. The highest BCUT2D eigenvalue weighted by molar-refractivity contribution is 6.00. The Balaban J connectivity index is 1.91. The molecule has 0 saturated heterocycles. The Morgan fingerprint density at radius 2 is 1.06 bits per heavy atom. The first-order valence-electron chi connectivity index (χ1n) is 15.7. The van der Waals surface area contributed by atoms with E-state index in [4.69, 9.17) is 28.4 Å². The minimum atomic E-state index is -2.52. The summed E-state index contributed by atoms with van der Waals surface area (Å²) in [6, 6.07) is 12.2. The number of carbonyl (C=O) groups excluding carboxylic acids is 7. The Hall–Kier alpha value is -6.98. The first kappa shape index (κ1) is 41.4. The van der Waals surface area contributed by atoms with Crippen LogP contribution in [0.1, 0.15) is 65.7 Å². The van der Waals surface area contributed by atoms with Crippen molar-refractivity contribution in [2.75, 3.05) is 19.5 Å². The van der Waals surface area contributed by atoms with Gasteiger partial charge in [0.05, 0.1) is 25.3 Å². The zero-order valence-corrected chi connectivity index (χ0v) is 30.1. The summed E-state index contributed by atoms with van der Waals surface area (Å²) in [5.74, 6) is -8.99. The van der Waals surface area contributed by atoms with Crippen LogP contribution in [0.5, 0.6) is 23.0 Å². The van der Waals surface area contributed by atoms with E-state index in [1.807, 2.05) is 5.43 Å². The van der Waals surface area contributed by atoms with Crippen molar-refractivity contribution in [2.45, 2.75) is 46.8 Å². The van der Waals surface area contributed by atoms with E-state index in [0.717, 1.165) is 38.1 Å². The number of methoxy groups -OCH3 is 2. The molecule has 0 radical (unpaired) electrons. The normalized spacial score (nSPS) is 11.8. The topological polar surface area (TPSA) is 248 Å². The van der Waals surface area contributed by atoms with E-state index >= 15 is 0 Å². The highest BCUT2D eigenvalue weighted by Crippen LogP contribution is 2.30. The number of carbonyl (C=O) groups is 8. The van der Waals surface area contributed by atoms with Crippen molar-refractivity contribution in [1.29, 1.82) is 0 Å². The van der Waals surface area contributed by atoms with Crippen molar-refractivity contribution in [1.82, 2.24) is 10.9 Å². The molecule has 3 aromatic rings. The number of aliphatic carboxylic acids is 1. The van der Waals surface area contributed by atoms with Crippen LogP contribution in [0.15, 0.2) is 60.7 Å². The zero-order valence-electron chi connectivity index (χ0n) is 30.1. The van der Waals surface area contributed by atoms with E-state index in [1.54, 1.807) is 20.8 Å². The summed E-state index contributed by atoms with van der Waals surface area (Å²) in [5, 5.41) is 12.8. The van der Waals surface area contributed by atoms with Gasteiger partial charge >= 0.3 is 29.8 Å². The Bertz CT molecular complexity index is 1950. The van der Waals surface area contributed by atoms with Crippen LogP contribution in [0.3, 0.4) is 0 Å². The molecule has 0 heterocycles. The number of carboxylic acids is 1. The van der Waals surface area contributed by atoms with Crippen LogP contribution in [0.25, 0.3) is 0 Å². The van der Waals surface area contributed by atoms with Crippen molar-refractivity contribution in [3.63, 3.8) is 0 Å². The van der Waals surface area contributed by atoms with Gasteiger partial charge < -0.3 is 38.8 Å². The van der Waals surface area contributed by atoms with Crippen LogP contribution in [-0.2, 0) is 33.4 Å². The third-order valence-corrected chi connectivity index (χ3v) is 6.94. The second-order valence-electron chi connectivity index (χ2n) is 12.1. The maximum absolute atomic E-state index is 13.5. The van der Waals surface area contributed by atoms with Crippen LogP contribution in [0, 0.1) is 5.41 Å². The van der Waals surface area contributed by atoms with Gasteiger partial charge in [0.2, 0.25) is 18.1 Å². The van der Waals surface area contributed by atoms with Gasteiger partial charge in [-0.2, -0.15) is 0 Å². The van der Waals surface area contributed by atoms with Crippen LogP contribution < -0.4 is 35.1 Å². The number of benzene rings is 3. The smallest absolute Gasteiger partial charge is 0.349 e. The second-order valence-corrected chi connectivity index (χ2v) is 12.1. The number of amides is 3. The zero-order chi connectivity index (χ0) is 40.3. The summed E-state index contributed by atoms with van der Waals surface area (Å²) in [6.07, 6.45) is -4.97. The second kappa shape index (κ2) is 18.0. The molecule has 3 rings (SSSR count). The fourth-order valence-corrected chi connectivity index (χ4v) is 4.21.